The fourth-order valence-electron chi connectivity index (χ4n) is 2.19. The molecular weight excluding hydrogens is 178 g/mol. The molecule has 0 radical (unpaired) electrons. The molecule has 3 heteroatoms. The Hall–Kier alpha value is -0.120. The molecule has 1 saturated carbocycles. The van der Waals surface area contributed by atoms with E-state index in [-0.39, 0.29) is 6.61 Å². The van der Waals surface area contributed by atoms with Crippen molar-refractivity contribution < 1.29 is 9.84 Å². The van der Waals surface area contributed by atoms with E-state index in [1.54, 1.807) is 7.11 Å². The lowest BCUT2D eigenvalue weighted by Gasteiger charge is -2.31. The highest BCUT2D eigenvalue weighted by Gasteiger charge is 2.22. The molecule has 84 valence electrons. The van der Waals surface area contributed by atoms with E-state index in [1.807, 2.05) is 0 Å². The van der Waals surface area contributed by atoms with Crippen molar-refractivity contribution in [1.82, 2.24) is 5.32 Å². The van der Waals surface area contributed by atoms with Crippen molar-refractivity contribution in [2.75, 3.05) is 13.7 Å². The van der Waals surface area contributed by atoms with Crippen LogP contribution in [0.15, 0.2) is 0 Å². The number of hydrogen-bond donors (Lipinski definition) is 2. The molecule has 2 N–H and O–H groups in total. The van der Waals surface area contributed by atoms with Crippen LogP contribution in [0.1, 0.15) is 39.0 Å². The summed E-state index contributed by atoms with van der Waals surface area (Å²) in [5.41, 5.74) is 0. The van der Waals surface area contributed by atoms with E-state index in [1.165, 1.54) is 19.3 Å². The Morgan fingerprint density at radius 2 is 2.29 bits per heavy atom. The number of ether oxygens (including phenoxy) is 1. The van der Waals surface area contributed by atoms with E-state index >= 15 is 0 Å². The van der Waals surface area contributed by atoms with Gasteiger partial charge in [0.1, 0.15) is 0 Å². The molecule has 0 aromatic heterocycles. The van der Waals surface area contributed by atoms with Gasteiger partial charge in [-0.05, 0) is 39.0 Å². The molecule has 0 aromatic rings. The van der Waals surface area contributed by atoms with Crippen LogP contribution in [0.4, 0.5) is 0 Å². The first-order chi connectivity index (χ1) is 6.76. The summed E-state index contributed by atoms with van der Waals surface area (Å²) in [6.45, 7) is 2.40. The molecule has 0 saturated heterocycles. The van der Waals surface area contributed by atoms with Crippen molar-refractivity contribution >= 4 is 0 Å². The van der Waals surface area contributed by atoms with E-state index in [9.17, 15) is 0 Å². The molecular formula is C11H23NO2. The van der Waals surface area contributed by atoms with E-state index < -0.39 is 0 Å². The molecule has 1 aliphatic rings. The lowest BCUT2D eigenvalue weighted by atomic mass is 9.92. The third-order valence-corrected chi connectivity index (χ3v) is 3.04. The second kappa shape index (κ2) is 6.38. The van der Waals surface area contributed by atoms with Gasteiger partial charge in [-0.25, -0.2) is 0 Å². The van der Waals surface area contributed by atoms with Crippen molar-refractivity contribution in [2.24, 2.45) is 0 Å². The molecule has 3 atom stereocenters. The fraction of sp³-hybridized carbons (Fsp3) is 1.00. The largest absolute Gasteiger partial charge is 0.396 e. The Morgan fingerprint density at radius 3 is 2.93 bits per heavy atom. The summed E-state index contributed by atoms with van der Waals surface area (Å²) in [6.07, 6.45) is 6.09. The minimum Gasteiger partial charge on any atom is -0.396 e. The van der Waals surface area contributed by atoms with Gasteiger partial charge in [-0.1, -0.05) is 0 Å². The first-order valence-corrected chi connectivity index (χ1v) is 5.66. The van der Waals surface area contributed by atoms with Gasteiger partial charge in [0.25, 0.3) is 0 Å². The lowest BCUT2D eigenvalue weighted by molar-refractivity contribution is 0.0567. The topological polar surface area (TPSA) is 41.5 Å². The average Bonchev–Trinajstić information content (AvgIpc) is 2.18. The van der Waals surface area contributed by atoms with Gasteiger partial charge in [-0.3, -0.25) is 0 Å². The monoisotopic (exact) mass is 201 g/mol. The van der Waals surface area contributed by atoms with Crippen LogP contribution < -0.4 is 5.32 Å². The minimum absolute atomic E-state index is 0.272. The molecule has 0 aliphatic heterocycles. The average molecular weight is 201 g/mol. The second-order valence-electron chi connectivity index (χ2n) is 4.30. The summed E-state index contributed by atoms with van der Waals surface area (Å²) in [4.78, 5) is 0. The van der Waals surface area contributed by atoms with Crippen LogP contribution in [0.2, 0.25) is 0 Å². The Labute approximate surface area is 86.8 Å². The van der Waals surface area contributed by atoms with Gasteiger partial charge in [0.2, 0.25) is 0 Å². The molecule has 1 fully saturated rings. The smallest absolute Gasteiger partial charge is 0.0586 e. The summed E-state index contributed by atoms with van der Waals surface area (Å²) in [7, 11) is 1.80. The van der Waals surface area contributed by atoms with Crippen LogP contribution in [0.5, 0.6) is 0 Å². The van der Waals surface area contributed by atoms with Crippen molar-refractivity contribution in [1.29, 1.82) is 0 Å². The number of aliphatic hydroxyl groups excluding tert-OH is 1. The third kappa shape index (κ3) is 3.95. The van der Waals surface area contributed by atoms with Crippen molar-refractivity contribution in [3.05, 3.63) is 0 Å². The molecule has 0 bridgehead atoms. The standard InChI is InChI=1S/C11H23NO2/c1-9(6-7-13)12-10-4-3-5-11(8-10)14-2/h9-13H,3-8H2,1-2H3. The van der Waals surface area contributed by atoms with Gasteiger partial charge in [0, 0.05) is 25.8 Å². The Morgan fingerprint density at radius 1 is 1.50 bits per heavy atom. The highest BCUT2D eigenvalue weighted by molar-refractivity contribution is 4.80. The van der Waals surface area contributed by atoms with Crippen molar-refractivity contribution in [3.63, 3.8) is 0 Å². The predicted octanol–water partition coefficient (Wildman–Crippen LogP) is 1.30. The second-order valence-corrected chi connectivity index (χ2v) is 4.30. The summed E-state index contributed by atoms with van der Waals surface area (Å²) in [5.74, 6) is 0. The lowest BCUT2D eigenvalue weighted by Crippen LogP contribution is -2.41. The number of rotatable bonds is 5. The van der Waals surface area contributed by atoms with E-state index in [0.717, 1.165) is 12.8 Å². The van der Waals surface area contributed by atoms with E-state index in [2.05, 4.69) is 12.2 Å². The quantitative estimate of drug-likeness (QED) is 0.704. The number of methoxy groups -OCH3 is 1. The molecule has 1 aliphatic carbocycles. The molecule has 0 spiro atoms. The Kier molecular flexibility index (Phi) is 5.45. The summed E-state index contributed by atoms with van der Waals surface area (Å²) < 4.78 is 5.37. The van der Waals surface area contributed by atoms with Crippen LogP contribution in [0.3, 0.4) is 0 Å². The van der Waals surface area contributed by atoms with Crippen LogP contribution in [-0.4, -0.2) is 37.0 Å². The maximum atomic E-state index is 8.80. The minimum atomic E-state index is 0.272. The van der Waals surface area contributed by atoms with Crippen LogP contribution in [-0.2, 0) is 4.74 Å². The number of aliphatic hydroxyl groups is 1. The maximum Gasteiger partial charge on any atom is 0.0586 e. The molecule has 3 unspecified atom stereocenters. The summed E-state index contributed by atoms with van der Waals surface area (Å²) in [6, 6.07) is 0.996. The SMILES string of the molecule is COC1CCCC(NC(C)CCO)C1. The van der Waals surface area contributed by atoms with Crippen molar-refractivity contribution in [2.45, 2.75) is 57.2 Å². The van der Waals surface area contributed by atoms with Crippen LogP contribution in [0.25, 0.3) is 0 Å². The Balaban J connectivity index is 2.22. The van der Waals surface area contributed by atoms with Crippen LogP contribution >= 0.6 is 0 Å². The van der Waals surface area contributed by atoms with E-state index in [0.29, 0.717) is 18.2 Å². The molecule has 0 aromatic carbocycles. The normalized spacial score (nSPS) is 30.2. The number of hydrogen-bond acceptors (Lipinski definition) is 3. The zero-order valence-corrected chi connectivity index (χ0v) is 9.33. The van der Waals surface area contributed by atoms with Gasteiger partial charge in [0.15, 0.2) is 0 Å². The highest BCUT2D eigenvalue weighted by atomic mass is 16.5. The summed E-state index contributed by atoms with van der Waals surface area (Å²) in [5, 5.41) is 12.3. The first-order valence-electron chi connectivity index (χ1n) is 5.66. The molecule has 0 heterocycles. The molecule has 0 amide bonds. The number of nitrogens with one attached hydrogen (secondary N) is 1. The zero-order chi connectivity index (χ0) is 10.4. The van der Waals surface area contributed by atoms with Gasteiger partial charge >= 0.3 is 0 Å². The van der Waals surface area contributed by atoms with Gasteiger partial charge in [-0.15, -0.1) is 0 Å². The third-order valence-electron chi connectivity index (χ3n) is 3.04. The zero-order valence-electron chi connectivity index (χ0n) is 9.33. The van der Waals surface area contributed by atoms with Gasteiger partial charge in [-0.2, -0.15) is 0 Å². The highest BCUT2D eigenvalue weighted by Crippen LogP contribution is 2.21. The van der Waals surface area contributed by atoms with E-state index in [4.69, 9.17) is 9.84 Å². The molecule has 3 nitrogen and oxygen atoms in total. The van der Waals surface area contributed by atoms with Crippen LogP contribution in [0, 0.1) is 0 Å². The summed E-state index contributed by atoms with van der Waals surface area (Å²) >= 11 is 0. The molecule has 14 heavy (non-hydrogen) atoms. The van der Waals surface area contributed by atoms with Crippen molar-refractivity contribution in [3.8, 4) is 0 Å². The van der Waals surface area contributed by atoms with Gasteiger partial charge in [0.05, 0.1) is 6.10 Å². The Bertz CT molecular complexity index is 152. The fourth-order valence-corrected chi connectivity index (χ4v) is 2.19. The maximum absolute atomic E-state index is 8.80. The predicted molar refractivity (Wildman–Crippen MR) is 57.4 cm³/mol. The first kappa shape index (κ1) is 12.0. The molecule has 1 rings (SSSR count). The van der Waals surface area contributed by atoms with Gasteiger partial charge < -0.3 is 15.2 Å².